The Kier molecular flexibility index (Phi) is 21.2. The van der Waals surface area contributed by atoms with Gasteiger partial charge in [0, 0.05) is 23.5 Å². The van der Waals surface area contributed by atoms with Gasteiger partial charge in [0.1, 0.15) is 0 Å². The Labute approximate surface area is 97.2 Å². The Bertz CT molecular complexity index is 158. The number of unbranched alkanes of at least 4 members (excludes halogenated alkanes) is 3. The van der Waals surface area contributed by atoms with Crippen molar-refractivity contribution in [2.75, 3.05) is 10.7 Å². The van der Waals surface area contributed by atoms with Crippen molar-refractivity contribution in [2.24, 2.45) is 0 Å². The average Bonchev–Trinajstić information content (AvgIpc) is 2.17. The summed E-state index contributed by atoms with van der Waals surface area (Å²) >= 11 is 6.47. The molecule has 0 heterocycles. The lowest BCUT2D eigenvalue weighted by Gasteiger charge is -1.83. The molecule has 0 aromatic carbocycles. The van der Waals surface area contributed by atoms with Gasteiger partial charge >= 0.3 is 0 Å². The molecule has 0 N–H and O–H groups in total. The Morgan fingerprint density at radius 3 is 1.54 bits per heavy atom. The van der Waals surface area contributed by atoms with Crippen LogP contribution < -0.4 is 0 Å². The normalized spacial score (nSPS) is 7.69. The van der Waals surface area contributed by atoms with Crippen LogP contribution in [0.5, 0.6) is 0 Å². The molecule has 0 aliphatic carbocycles. The zero-order valence-electron chi connectivity index (χ0n) is 7.60. The molecule has 0 saturated heterocycles. The third kappa shape index (κ3) is 24.5. The monoisotopic (exact) mass is 308 g/mol. The van der Waals surface area contributed by atoms with E-state index in [1.165, 1.54) is 0 Å². The van der Waals surface area contributed by atoms with Crippen LogP contribution in [0.2, 0.25) is 0 Å². The molecule has 0 spiro atoms. The Morgan fingerprint density at radius 1 is 0.769 bits per heavy atom. The maximum atomic E-state index is 8.03. The fourth-order valence-corrected chi connectivity index (χ4v) is 1.12. The van der Waals surface area contributed by atoms with Gasteiger partial charge < -0.3 is 0 Å². The van der Waals surface area contributed by atoms with Crippen molar-refractivity contribution in [2.45, 2.75) is 32.1 Å². The molecule has 0 saturated carbocycles. The van der Waals surface area contributed by atoms with E-state index in [1.807, 2.05) is 6.07 Å². The highest BCUT2D eigenvalue weighted by Crippen LogP contribution is 1.95. The van der Waals surface area contributed by atoms with Gasteiger partial charge in [-0.15, -0.1) is 0 Å². The highest BCUT2D eigenvalue weighted by atomic mass is 79.9. The molecule has 0 amide bonds. The van der Waals surface area contributed by atoms with E-state index in [0.29, 0.717) is 12.8 Å². The molecule has 0 aliphatic rings. The van der Waals surface area contributed by atoms with Gasteiger partial charge in [0.2, 0.25) is 0 Å². The predicted molar refractivity (Wildman–Crippen MR) is 61.9 cm³/mol. The van der Waals surface area contributed by atoms with E-state index < -0.39 is 0 Å². The molecule has 0 atom stereocenters. The summed E-state index contributed by atoms with van der Waals surface area (Å²) in [6, 6.07) is 4.12. The molecule has 0 fully saturated rings. The van der Waals surface area contributed by atoms with Crippen molar-refractivity contribution >= 4 is 31.9 Å². The predicted octanol–water partition coefficient (Wildman–Crippen LogP) is 3.76. The quantitative estimate of drug-likeness (QED) is 0.573. The summed E-state index contributed by atoms with van der Waals surface area (Å²) < 4.78 is 0. The van der Waals surface area contributed by atoms with Crippen LogP contribution in [0.15, 0.2) is 0 Å². The Morgan fingerprint density at radius 2 is 1.23 bits per heavy atom. The molecule has 0 radical (unpaired) electrons. The van der Waals surface area contributed by atoms with E-state index in [-0.39, 0.29) is 0 Å². The van der Waals surface area contributed by atoms with Gasteiger partial charge in [0.05, 0.1) is 12.1 Å². The van der Waals surface area contributed by atoms with Crippen molar-refractivity contribution in [3.8, 4) is 12.1 Å². The molecule has 2 nitrogen and oxygen atoms in total. The molecular weight excluding hydrogens is 296 g/mol. The second-order valence-electron chi connectivity index (χ2n) is 2.25. The number of halogens is 2. The minimum atomic E-state index is 0.672. The standard InChI is InChI=1S/C5H8BrN.C4H6BrN/c6-4-2-1-3-5-7;5-3-1-2-4-6/h1-4H2;1-3H2. The van der Waals surface area contributed by atoms with Gasteiger partial charge in [-0.3, -0.25) is 0 Å². The first-order valence-corrected chi connectivity index (χ1v) is 6.43. The molecule has 0 rings (SSSR count). The van der Waals surface area contributed by atoms with Crippen LogP contribution >= 0.6 is 31.9 Å². The van der Waals surface area contributed by atoms with Crippen LogP contribution in [-0.2, 0) is 0 Å². The Hall–Kier alpha value is -0.0600. The number of nitrogens with zero attached hydrogens (tertiary/aromatic N) is 2. The zero-order chi connectivity index (χ0) is 10.4. The molecule has 0 aromatic rings. The van der Waals surface area contributed by atoms with E-state index in [2.05, 4.69) is 37.9 Å². The van der Waals surface area contributed by atoms with E-state index in [0.717, 1.165) is 29.9 Å². The number of alkyl halides is 2. The van der Waals surface area contributed by atoms with Crippen LogP contribution in [0.4, 0.5) is 0 Å². The summed E-state index contributed by atoms with van der Waals surface area (Å²) in [4.78, 5) is 0. The van der Waals surface area contributed by atoms with Crippen molar-refractivity contribution < 1.29 is 0 Å². The van der Waals surface area contributed by atoms with Crippen molar-refractivity contribution in [3.63, 3.8) is 0 Å². The summed E-state index contributed by atoms with van der Waals surface area (Å²) in [5, 5.41) is 17.9. The third-order valence-electron chi connectivity index (χ3n) is 1.09. The van der Waals surface area contributed by atoms with Crippen LogP contribution in [0.3, 0.4) is 0 Å². The van der Waals surface area contributed by atoms with Gasteiger partial charge in [-0.05, 0) is 19.3 Å². The minimum Gasteiger partial charge on any atom is -0.198 e. The molecule has 74 valence electrons. The van der Waals surface area contributed by atoms with Gasteiger partial charge in [-0.2, -0.15) is 10.5 Å². The van der Waals surface area contributed by atoms with E-state index >= 15 is 0 Å². The van der Waals surface area contributed by atoms with E-state index in [4.69, 9.17) is 10.5 Å². The molecule has 13 heavy (non-hydrogen) atoms. The largest absolute Gasteiger partial charge is 0.198 e. The lowest BCUT2D eigenvalue weighted by Crippen LogP contribution is -1.72. The summed E-state index contributed by atoms with van der Waals surface area (Å²) in [7, 11) is 0. The summed E-state index contributed by atoms with van der Waals surface area (Å²) in [5.74, 6) is 0. The minimum absolute atomic E-state index is 0.672. The van der Waals surface area contributed by atoms with Crippen LogP contribution in [0, 0.1) is 22.7 Å². The van der Waals surface area contributed by atoms with Crippen molar-refractivity contribution in [1.82, 2.24) is 0 Å². The van der Waals surface area contributed by atoms with Crippen LogP contribution in [0.1, 0.15) is 32.1 Å². The number of nitriles is 2. The third-order valence-corrected chi connectivity index (χ3v) is 2.22. The molecule has 0 aliphatic heterocycles. The second-order valence-corrected chi connectivity index (χ2v) is 3.84. The highest BCUT2D eigenvalue weighted by molar-refractivity contribution is 9.09. The molecular formula is C9H14Br2N2. The summed E-state index contributed by atoms with van der Waals surface area (Å²) in [6.07, 6.45) is 4.49. The van der Waals surface area contributed by atoms with Gasteiger partial charge in [-0.1, -0.05) is 31.9 Å². The fraction of sp³-hybridized carbons (Fsp3) is 0.778. The van der Waals surface area contributed by atoms with Crippen molar-refractivity contribution in [3.05, 3.63) is 0 Å². The Balaban J connectivity index is 0. The number of rotatable bonds is 5. The van der Waals surface area contributed by atoms with Gasteiger partial charge in [0.25, 0.3) is 0 Å². The molecule has 0 unspecified atom stereocenters. The molecule has 0 aromatic heterocycles. The topological polar surface area (TPSA) is 47.6 Å². The van der Waals surface area contributed by atoms with Gasteiger partial charge in [0.15, 0.2) is 0 Å². The van der Waals surface area contributed by atoms with Crippen LogP contribution in [0.25, 0.3) is 0 Å². The second kappa shape index (κ2) is 17.9. The number of hydrogen-bond donors (Lipinski definition) is 0. The maximum absolute atomic E-state index is 8.03. The summed E-state index contributed by atoms with van der Waals surface area (Å²) in [6.45, 7) is 0. The van der Waals surface area contributed by atoms with Gasteiger partial charge in [-0.25, -0.2) is 0 Å². The lowest BCUT2D eigenvalue weighted by atomic mass is 10.3. The van der Waals surface area contributed by atoms with E-state index in [9.17, 15) is 0 Å². The first kappa shape index (κ1) is 15.4. The van der Waals surface area contributed by atoms with Crippen LogP contribution in [-0.4, -0.2) is 10.7 Å². The molecule has 4 heteroatoms. The first-order chi connectivity index (χ1) is 6.33. The maximum Gasteiger partial charge on any atom is 0.0622 e. The highest BCUT2D eigenvalue weighted by Gasteiger charge is 1.80. The molecule has 0 bridgehead atoms. The fourth-order valence-electron chi connectivity index (χ4n) is 0.444. The zero-order valence-corrected chi connectivity index (χ0v) is 10.8. The SMILES string of the molecule is N#CCCCBr.N#CCCCCBr. The van der Waals surface area contributed by atoms with Crippen molar-refractivity contribution in [1.29, 1.82) is 10.5 Å². The number of hydrogen-bond acceptors (Lipinski definition) is 2. The average molecular weight is 310 g/mol. The first-order valence-electron chi connectivity index (χ1n) is 4.19. The smallest absolute Gasteiger partial charge is 0.0622 e. The van der Waals surface area contributed by atoms with E-state index in [1.54, 1.807) is 0 Å². The summed E-state index contributed by atoms with van der Waals surface area (Å²) in [5.41, 5.74) is 0. The lowest BCUT2D eigenvalue weighted by molar-refractivity contribution is 0.834.